The van der Waals surface area contributed by atoms with Gasteiger partial charge in [-0.05, 0) is 27.7 Å². The van der Waals surface area contributed by atoms with Crippen LogP contribution in [0.2, 0.25) is 0 Å². The van der Waals surface area contributed by atoms with Crippen LogP contribution in [0.1, 0.15) is 48.0 Å². The van der Waals surface area contributed by atoms with E-state index in [-0.39, 0.29) is 43.7 Å². The number of nitrogens with one attached hydrogen (secondary N) is 2. The van der Waals surface area contributed by atoms with E-state index < -0.39 is 11.1 Å². The highest BCUT2D eigenvalue weighted by atomic mass is 35.5. The zero-order chi connectivity index (χ0) is 25.1. The van der Waals surface area contributed by atoms with Gasteiger partial charge in [-0.1, -0.05) is 7.43 Å². The van der Waals surface area contributed by atoms with E-state index in [2.05, 4.69) is 52.9 Å². The Labute approximate surface area is 212 Å². The maximum atomic E-state index is 11.8. The molecule has 2 fully saturated rings. The van der Waals surface area contributed by atoms with Crippen LogP contribution < -0.4 is 10.6 Å². The minimum atomic E-state index is -0.742. The zero-order valence-corrected chi connectivity index (χ0v) is 22.9. The number of rotatable bonds is 8. The molecular formula is C23H49ClN6O4+2. The first-order chi connectivity index (χ1) is 14.3. The first-order valence-corrected chi connectivity index (χ1v) is 11.2. The fraction of sp³-hybridized carbons (Fsp3) is 0.826. The van der Waals surface area contributed by atoms with E-state index in [1.54, 1.807) is 27.7 Å². The second-order valence-corrected chi connectivity index (χ2v) is 11.8. The highest BCUT2D eigenvalue weighted by Gasteiger charge is 2.44. The first kappa shape index (κ1) is 34.3. The second kappa shape index (κ2) is 12.2. The third kappa shape index (κ3) is 10.1. The molecule has 0 aromatic rings. The Morgan fingerprint density at radius 2 is 0.912 bits per heavy atom. The van der Waals surface area contributed by atoms with Crippen LogP contribution in [0.25, 0.3) is 0 Å². The van der Waals surface area contributed by atoms with Gasteiger partial charge in [0.15, 0.2) is 0 Å². The summed E-state index contributed by atoms with van der Waals surface area (Å²) in [6, 6.07) is -0.534. The van der Waals surface area contributed by atoms with Gasteiger partial charge in [-0.2, -0.15) is 0 Å². The molecule has 11 heteroatoms. The van der Waals surface area contributed by atoms with E-state index in [0.717, 1.165) is 34.9 Å². The lowest BCUT2D eigenvalue weighted by Gasteiger charge is -2.24. The Balaban J connectivity index is 0. The van der Waals surface area contributed by atoms with Crippen molar-refractivity contribution in [3.8, 4) is 0 Å². The summed E-state index contributed by atoms with van der Waals surface area (Å²) in [6.07, 6.45) is 1.66. The quantitative estimate of drug-likeness (QED) is 0.386. The van der Waals surface area contributed by atoms with Gasteiger partial charge in [-0.15, -0.1) is 12.4 Å². The van der Waals surface area contributed by atoms with Crippen molar-refractivity contribution in [1.82, 2.24) is 20.4 Å². The third-order valence-electron chi connectivity index (χ3n) is 5.31. The van der Waals surface area contributed by atoms with Crippen molar-refractivity contribution >= 4 is 36.3 Å². The molecule has 200 valence electrons. The van der Waals surface area contributed by atoms with Crippen LogP contribution in [0.3, 0.4) is 0 Å². The molecule has 2 aliphatic rings. The highest BCUT2D eigenvalue weighted by molar-refractivity contribution is 6.07. The summed E-state index contributed by atoms with van der Waals surface area (Å²) in [4.78, 5) is 49.4. The van der Waals surface area contributed by atoms with Gasteiger partial charge in [-0.3, -0.25) is 19.4 Å². The smallest absolute Gasteiger partial charge is 0.325 e. The molecule has 0 unspecified atom stereocenters. The third-order valence-corrected chi connectivity index (χ3v) is 5.31. The number of hydrogen-bond donors (Lipinski definition) is 2. The molecule has 2 aliphatic heterocycles. The lowest BCUT2D eigenvalue weighted by Crippen LogP contribution is -2.41. The second-order valence-electron chi connectivity index (χ2n) is 11.8. The molecule has 0 radical (unpaired) electrons. The van der Waals surface area contributed by atoms with E-state index >= 15 is 0 Å². The number of halogens is 1. The van der Waals surface area contributed by atoms with Gasteiger partial charge in [0, 0.05) is 25.9 Å². The Morgan fingerprint density at radius 1 is 0.647 bits per heavy atom. The monoisotopic (exact) mass is 508 g/mol. The Hall–Kier alpha value is -1.91. The van der Waals surface area contributed by atoms with Crippen molar-refractivity contribution in [1.29, 1.82) is 0 Å². The first-order valence-electron chi connectivity index (χ1n) is 11.2. The Bertz CT molecular complexity index is 679. The number of imide groups is 2. The van der Waals surface area contributed by atoms with Gasteiger partial charge >= 0.3 is 12.1 Å². The molecular weight excluding hydrogens is 460 g/mol. The van der Waals surface area contributed by atoms with Crippen molar-refractivity contribution in [3.63, 3.8) is 0 Å². The number of nitrogens with zero attached hydrogens (tertiary/aromatic N) is 4. The van der Waals surface area contributed by atoms with Crippen LogP contribution in [0.5, 0.6) is 0 Å². The van der Waals surface area contributed by atoms with Gasteiger partial charge < -0.3 is 19.6 Å². The minimum absolute atomic E-state index is 0. The predicted molar refractivity (Wildman–Crippen MR) is 138 cm³/mol. The van der Waals surface area contributed by atoms with Gasteiger partial charge in [-0.25, -0.2) is 9.59 Å². The summed E-state index contributed by atoms with van der Waals surface area (Å²) in [6.45, 7) is 9.81. The number of quaternary nitrogens is 2. The lowest BCUT2D eigenvalue weighted by atomic mass is 10.1. The molecule has 0 bridgehead atoms. The molecule has 2 N–H and O–H groups in total. The van der Waals surface area contributed by atoms with E-state index in [4.69, 9.17) is 0 Å². The summed E-state index contributed by atoms with van der Waals surface area (Å²) >= 11 is 0. The summed E-state index contributed by atoms with van der Waals surface area (Å²) in [7, 11) is 12.6. The Kier molecular flexibility index (Phi) is 12.3. The van der Waals surface area contributed by atoms with Crippen LogP contribution in [0, 0.1) is 0 Å². The maximum absolute atomic E-state index is 11.8. The van der Waals surface area contributed by atoms with Crippen LogP contribution in [0.15, 0.2) is 0 Å². The molecule has 0 spiro atoms. The predicted octanol–water partition coefficient (Wildman–Crippen LogP) is 1.88. The van der Waals surface area contributed by atoms with Crippen molar-refractivity contribution in [2.75, 3.05) is 68.5 Å². The van der Waals surface area contributed by atoms with Crippen LogP contribution >= 0.6 is 12.4 Å². The molecule has 6 amide bonds. The highest BCUT2D eigenvalue weighted by Crippen LogP contribution is 2.17. The fourth-order valence-corrected chi connectivity index (χ4v) is 3.45. The summed E-state index contributed by atoms with van der Waals surface area (Å²) in [5, 5.41) is 5.35. The maximum Gasteiger partial charge on any atom is 0.325 e. The summed E-state index contributed by atoms with van der Waals surface area (Å²) in [5.74, 6) is -0.252. The van der Waals surface area contributed by atoms with Crippen LogP contribution in [-0.2, 0) is 9.59 Å². The van der Waals surface area contributed by atoms with Gasteiger partial charge in [0.05, 0.1) is 55.4 Å². The molecule has 0 aliphatic carbocycles. The Morgan fingerprint density at radius 3 is 1.09 bits per heavy atom. The zero-order valence-electron chi connectivity index (χ0n) is 22.1. The number of carbonyl (C=O) groups excluding carboxylic acids is 4. The molecule has 0 saturated carbocycles. The number of carbonyl (C=O) groups is 4. The van der Waals surface area contributed by atoms with Gasteiger partial charge in [0.25, 0.3) is 11.8 Å². The van der Waals surface area contributed by atoms with Crippen molar-refractivity contribution in [3.05, 3.63) is 0 Å². The van der Waals surface area contributed by atoms with E-state index in [0.29, 0.717) is 13.1 Å². The average molecular weight is 509 g/mol. The van der Waals surface area contributed by atoms with Crippen LogP contribution in [-0.4, -0.2) is 122 Å². The van der Waals surface area contributed by atoms with E-state index in [9.17, 15) is 19.2 Å². The normalized spacial score (nSPS) is 19.0. The van der Waals surface area contributed by atoms with Crippen molar-refractivity contribution in [2.24, 2.45) is 0 Å². The van der Waals surface area contributed by atoms with Crippen molar-refractivity contribution < 1.29 is 28.1 Å². The molecule has 0 atom stereocenters. The topological polar surface area (TPSA) is 98.8 Å². The van der Waals surface area contributed by atoms with Crippen LogP contribution in [0.4, 0.5) is 9.59 Å². The molecule has 0 aromatic carbocycles. The SMILES string of the molecule is C.CC1(C)NC(=O)N(CCC[N+](C)(C)C)C1=O.CC1(C)NC(=O)N(CCC[N+](C)(C)C)C1=O.Cl. The fourth-order valence-electron chi connectivity index (χ4n) is 3.45. The summed E-state index contributed by atoms with van der Waals surface area (Å²) < 4.78 is 1.68. The van der Waals surface area contributed by atoms with E-state index in [1.165, 1.54) is 9.80 Å². The average Bonchev–Trinajstić information content (AvgIpc) is 2.89. The molecule has 2 saturated heterocycles. The molecule has 10 nitrogen and oxygen atoms in total. The standard InChI is InChI=1S/2C11H21N3O2.CH4.ClH/c2*1-11(2)9(15)13(10(16)12-11)7-6-8-14(3,4)5;;/h2*6-8H2,1-5H3;1H4;1H/p+2. The largest absolute Gasteiger partial charge is 0.331 e. The molecule has 2 rings (SSSR count). The lowest BCUT2D eigenvalue weighted by molar-refractivity contribution is -0.870. The molecule has 2 heterocycles. The summed E-state index contributed by atoms with van der Waals surface area (Å²) in [5.41, 5.74) is -1.48. The number of urea groups is 2. The van der Waals surface area contributed by atoms with Gasteiger partial charge in [0.1, 0.15) is 11.1 Å². The van der Waals surface area contributed by atoms with Gasteiger partial charge in [0.2, 0.25) is 0 Å². The number of hydrogen-bond acceptors (Lipinski definition) is 4. The molecule has 34 heavy (non-hydrogen) atoms. The molecule has 0 aromatic heterocycles. The minimum Gasteiger partial charge on any atom is -0.331 e. The van der Waals surface area contributed by atoms with E-state index in [1.807, 2.05) is 0 Å². The number of amides is 6. The van der Waals surface area contributed by atoms with Crippen molar-refractivity contribution in [2.45, 2.75) is 59.0 Å².